The summed E-state index contributed by atoms with van der Waals surface area (Å²) in [4.78, 5) is 26.0. The molecule has 1 fully saturated rings. The van der Waals surface area contributed by atoms with Gasteiger partial charge in [-0.25, -0.2) is 19.4 Å². The van der Waals surface area contributed by atoms with Gasteiger partial charge in [-0.1, -0.05) is 32.0 Å². The lowest BCUT2D eigenvalue weighted by Crippen LogP contribution is -2.52. The summed E-state index contributed by atoms with van der Waals surface area (Å²) >= 11 is 0. The van der Waals surface area contributed by atoms with Crippen molar-refractivity contribution >= 4 is 22.9 Å². The third-order valence-corrected chi connectivity index (χ3v) is 5.24. The number of carbonyl (C=O) groups is 1. The SMILES string of the molecule is CCNC(=O)N1CCN(c2nc(CC(C)C)nc3c2cnn3-c2ccccc2)CC1. The summed E-state index contributed by atoms with van der Waals surface area (Å²) in [6.45, 7) is 9.74. The van der Waals surface area contributed by atoms with E-state index in [0.29, 0.717) is 25.6 Å². The molecule has 0 radical (unpaired) electrons. The molecule has 8 nitrogen and oxygen atoms in total. The molecule has 0 atom stereocenters. The van der Waals surface area contributed by atoms with E-state index in [0.717, 1.165) is 47.9 Å². The fraction of sp³-hybridized carbons (Fsp3) is 0.455. The highest BCUT2D eigenvalue weighted by atomic mass is 16.2. The molecule has 1 saturated heterocycles. The van der Waals surface area contributed by atoms with Crippen molar-refractivity contribution in [1.29, 1.82) is 0 Å². The standard InChI is InChI=1S/C22H29N7O/c1-4-23-22(30)28-12-10-27(11-13-28)20-18-15-24-29(17-8-6-5-7-9-17)21(18)26-19(25-20)14-16(2)3/h5-9,15-16H,4,10-14H2,1-3H3,(H,23,30). The van der Waals surface area contributed by atoms with Gasteiger partial charge < -0.3 is 15.1 Å². The Morgan fingerprint density at radius 2 is 1.83 bits per heavy atom. The molecule has 8 heteroatoms. The molecule has 1 aliphatic rings. The molecule has 0 unspecified atom stereocenters. The Kier molecular flexibility index (Phi) is 5.83. The summed E-state index contributed by atoms with van der Waals surface area (Å²) in [5.41, 5.74) is 1.81. The maximum absolute atomic E-state index is 12.1. The summed E-state index contributed by atoms with van der Waals surface area (Å²) < 4.78 is 1.88. The van der Waals surface area contributed by atoms with Gasteiger partial charge in [0.1, 0.15) is 11.6 Å². The van der Waals surface area contributed by atoms with Crippen molar-refractivity contribution in [2.75, 3.05) is 37.6 Å². The van der Waals surface area contributed by atoms with Crippen LogP contribution in [-0.2, 0) is 6.42 Å². The molecule has 4 rings (SSSR count). The number of carbonyl (C=O) groups excluding carboxylic acids is 1. The molecule has 0 spiro atoms. The second-order valence-electron chi connectivity index (χ2n) is 8.00. The minimum atomic E-state index is 0.00220. The van der Waals surface area contributed by atoms with Crippen LogP contribution in [0.5, 0.6) is 0 Å². The lowest BCUT2D eigenvalue weighted by molar-refractivity contribution is 0.195. The number of fused-ring (bicyclic) bond motifs is 1. The number of urea groups is 1. The van der Waals surface area contributed by atoms with Crippen LogP contribution in [0.15, 0.2) is 36.5 Å². The van der Waals surface area contributed by atoms with Gasteiger partial charge in [0, 0.05) is 39.1 Å². The van der Waals surface area contributed by atoms with E-state index in [1.165, 1.54) is 0 Å². The van der Waals surface area contributed by atoms with Gasteiger partial charge in [0.25, 0.3) is 0 Å². The van der Waals surface area contributed by atoms with Crippen LogP contribution in [0.25, 0.3) is 16.7 Å². The Hall–Kier alpha value is -3.16. The number of benzene rings is 1. The Morgan fingerprint density at radius 1 is 1.10 bits per heavy atom. The average molecular weight is 408 g/mol. The van der Waals surface area contributed by atoms with Crippen molar-refractivity contribution in [3.05, 3.63) is 42.4 Å². The summed E-state index contributed by atoms with van der Waals surface area (Å²) in [6, 6.07) is 10.1. The van der Waals surface area contributed by atoms with Crippen molar-refractivity contribution in [3.63, 3.8) is 0 Å². The topological polar surface area (TPSA) is 79.2 Å². The molecule has 0 aliphatic carbocycles. The monoisotopic (exact) mass is 407 g/mol. The molecule has 0 bridgehead atoms. The van der Waals surface area contributed by atoms with Gasteiger partial charge in [-0.15, -0.1) is 0 Å². The van der Waals surface area contributed by atoms with Crippen LogP contribution in [0.2, 0.25) is 0 Å². The van der Waals surface area contributed by atoms with Crippen LogP contribution in [0.1, 0.15) is 26.6 Å². The number of aromatic nitrogens is 4. The molecule has 3 heterocycles. The third kappa shape index (κ3) is 4.08. The lowest BCUT2D eigenvalue weighted by Gasteiger charge is -2.35. The van der Waals surface area contributed by atoms with E-state index in [4.69, 9.17) is 9.97 Å². The molecule has 3 aromatic rings. The van der Waals surface area contributed by atoms with Crippen molar-refractivity contribution in [2.24, 2.45) is 5.92 Å². The smallest absolute Gasteiger partial charge is 0.317 e. The maximum atomic E-state index is 12.1. The van der Waals surface area contributed by atoms with Gasteiger partial charge in [0.05, 0.1) is 17.3 Å². The molecule has 2 amide bonds. The van der Waals surface area contributed by atoms with Crippen LogP contribution in [0.3, 0.4) is 0 Å². The van der Waals surface area contributed by atoms with Crippen molar-refractivity contribution in [3.8, 4) is 5.69 Å². The second kappa shape index (κ2) is 8.69. The highest BCUT2D eigenvalue weighted by Gasteiger charge is 2.25. The number of rotatable bonds is 5. The summed E-state index contributed by atoms with van der Waals surface area (Å²) in [7, 11) is 0. The Morgan fingerprint density at radius 3 is 2.50 bits per heavy atom. The van der Waals surface area contributed by atoms with Gasteiger partial charge in [0.15, 0.2) is 5.65 Å². The number of hydrogen-bond donors (Lipinski definition) is 1. The van der Waals surface area contributed by atoms with E-state index in [-0.39, 0.29) is 6.03 Å². The van der Waals surface area contributed by atoms with Gasteiger partial charge in [0.2, 0.25) is 0 Å². The highest BCUT2D eigenvalue weighted by molar-refractivity contribution is 5.88. The zero-order valence-electron chi connectivity index (χ0n) is 17.9. The van der Waals surface area contributed by atoms with Gasteiger partial charge in [-0.3, -0.25) is 0 Å². The van der Waals surface area contributed by atoms with Gasteiger partial charge in [-0.05, 0) is 25.0 Å². The molecule has 30 heavy (non-hydrogen) atoms. The first-order valence-corrected chi connectivity index (χ1v) is 10.6. The van der Waals surface area contributed by atoms with Gasteiger partial charge in [-0.2, -0.15) is 5.10 Å². The second-order valence-corrected chi connectivity index (χ2v) is 8.00. The third-order valence-electron chi connectivity index (χ3n) is 5.24. The van der Waals surface area contributed by atoms with E-state index in [2.05, 4.69) is 29.2 Å². The number of hydrogen-bond acceptors (Lipinski definition) is 5. The number of para-hydroxylation sites is 1. The predicted octanol–water partition coefficient (Wildman–Crippen LogP) is 2.87. The largest absolute Gasteiger partial charge is 0.352 e. The molecular formula is C22H29N7O. The van der Waals surface area contributed by atoms with E-state index < -0.39 is 0 Å². The average Bonchev–Trinajstić information content (AvgIpc) is 3.17. The Labute approximate surface area is 176 Å². The molecule has 1 N–H and O–H groups in total. The number of amides is 2. The summed E-state index contributed by atoms with van der Waals surface area (Å²) in [6.07, 6.45) is 2.66. The van der Waals surface area contributed by atoms with Crippen LogP contribution in [-0.4, -0.2) is 63.4 Å². The quantitative estimate of drug-likeness (QED) is 0.704. The van der Waals surface area contributed by atoms with E-state index in [1.807, 2.05) is 53.0 Å². The predicted molar refractivity (Wildman–Crippen MR) is 118 cm³/mol. The molecule has 1 aromatic carbocycles. The first kappa shape index (κ1) is 20.1. The zero-order valence-corrected chi connectivity index (χ0v) is 17.9. The van der Waals surface area contributed by atoms with Crippen LogP contribution >= 0.6 is 0 Å². The van der Waals surface area contributed by atoms with Gasteiger partial charge >= 0.3 is 6.03 Å². The number of anilines is 1. The molecule has 0 saturated carbocycles. The number of piperazine rings is 1. The molecular weight excluding hydrogens is 378 g/mol. The van der Waals surface area contributed by atoms with Crippen molar-refractivity contribution < 1.29 is 4.79 Å². The van der Waals surface area contributed by atoms with E-state index in [9.17, 15) is 4.79 Å². The van der Waals surface area contributed by atoms with Crippen molar-refractivity contribution in [2.45, 2.75) is 27.2 Å². The highest BCUT2D eigenvalue weighted by Crippen LogP contribution is 2.27. The lowest BCUT2D eigenvalue weighted by atomic mass is 10.1. The minimum absolute atomic E-state index is 0.00220. The molecule has 158 valence electrons. The number of nitrogens with zero attached hydrogens (tertiary/aromatic N) is 6. The number of nitrogens with one attached hydrogen (secondary N) is 1. The zero-order chi connectivity index (χ0) is 21.1. The van der Waals surface area contributed by atoms with E-state index in [1.54, 1.807) is 0 Å². The Bertz CT molecular complexity index is 1010. The van der Waals surface area contributed by atoms with Crippen LogP contribution < -0.4 is 10.2 Å². The first-order valence-electron chi connectivity index (χ1n) is 10.6. The fourth-order valence-corrected chi connectivity index (χ4v) is 3.78. The summed E-state index contributed by atoms with van der Waals surface area (Å²) in [5.74, 6) is 2.20. The van der Waals surface area contributed by atoms with Crippen LogP contribution in [0, 0.1) is 5.92 Å². The molecule has 2 aromatic heterocycles. The fourth-order valence-electron chi connectivity index (χ4n) is 3.78. The Balaban J connectivity index is 1.69. The normalized spacial score (nSPS) is 14.5. The molecule has 1 aliphatic heterocycles. The first-order chi connectivity index (χ1) is 14.6. The minimum Gasteiger partial charge on any atom is -0.352 e. The van der Waals surface area contributed by atoms with Crippen molar-refractivity contribution in [1.82, 2.24) is 30.0 Å². The van der Waals surface area contributed by atoms with E-state index >= 15 is 0 Å². The van der Waals surface area contributed by atoms with Crippen LogP contribution in [0.4, 0.5) is 10.6 Å². The summed E-state index contributed by atoms with van der Waals surface area (Å²) in [5, 5.41) is 8.45. The maximum Gasteiger partial charge on any atom is 0.317 e.